The summed E-state index contributed by atoms with van der Waals surface area (Å²) in [5.74, 6) is 0.588. The summed E-state index contributed by atoms with van der Waals surface area (Å²) in [6.07, 6.45) is 6.26. The summed E-state index contributed by atoms with van der Waals surface area (Å²) in [7, 11) is 0. The number of halogens is 1. The highest BCUT2D eigenvalue weighted by Crippen LogP contribution is 2.31. The van der Waals surface area contributed by atoms with Crippen LogP contribution in [0.15, 0.2) is 61.2 Å². The van der Waals surface area contributed by atoms with E-state index in [9.17, 15) is 4.79 Å². The van der Waals surface area contributed by atoms with Gasteiger partial charge in [-0.2, -0.15) is 0 Å². The number of fused-ring (bicyclic) bond motifs is 1. The summed E-state index contributed by atoms with van der Waals surface area (Å²) in [5, 5.41) is 0.711. The summed E-state index contributed by atoms with van der Waals surface area (Å²) in [5.41, 5.74) is 3.21. The molecule has 0 bridgehead atoms. The van der Waals surface area contributed by atoms with Crippen LogP contribution in [0.4, 0.5) is 5.13 Å². The number of aryl methyl sites for hydroxylation is 3. The molecule has 0 atom stereocenters. The number of amides is 1. The third-order valence-corrected chi connectivity index (χ3v) is 5.93. The van der Waals surface area contributed by atoms with E-state index < -0.39 is 0 Å². The number of ether oxygens (including phenoxy) is 1. The Balaban J connectivity index is 0.00000272. The van der Waals surface area contributed by atoms with Crippen LogP contribution in [0.5, 0.6) is 5.75 Å². The molecule has 1 amide bonds. The summed E-state index contributed by atoms with van der Waals surface area (Å²) in [4.78, 5) is 23.7. The Morgan fingerprint density at radius 3 is 2.68 bits per heavy atom. The van der Waals surface area contributed by atoms with Crippen LogP contribution in [0.25, 0.3) is 10.2 Å². The maximum Gasteiger partial charge on any atom is 0.266 e. The Morgan fingerprint density at radius 2 is 1.97 bits per heavy atom. The second kappa shape index (κ2) is 10.4. The number of para-hydroxylation sites is 1. The van der Waals surface area contributed by atoms with Gasteiger partial charge in [0.25, 0.3) is 5.91 Å². The first-order valence-corrected chi connectivity index (χ1v) is 10.7. The molecule has 6 nitrogen and oxygen atoms in total. The maximum absolute atomic E-state index is 13.1. The van der Waals surface area contributed by atoms with Crippen LogP contribution in [-0.4, -0.2) is 33.6 Å². The van der Waals surface area contributed by atoms with Crippen molar-refractivity contribution in [2.24, 2.45) is 0 Å². The molecule has 0 fully saturated rings. The van der Waals surface area contributed by atoms with Gasteiger partial charge in [0.1, 0.15) is 5.75 Å². The van der Waals surface area contributed by atoms with Gasteiger partial charge in [-0.25, -0.2) is 9.97 Å². The Bertz CT molecular complexity index is 1130. The van der Waals surface area contributed by atoms with Gasteiger partial charge in [0.15, 0.2) is 11.7 Å². The molecule has 0 aliphatic carbocycles. The molecule has 0 radical (unpaired) electrons. The lowest BCUT2D eigenvalue weighted by Gasteiger charge is -2.20. The molecule has 0 unspecified atom stereocenters. The summed E-state index contributed by atoms with van der Waals surface area (Å²) < 4.78 is 8.83. The molecule has 0 N–H and O–H groups in total. The second-order valence-corrected chi connectivity index (χ2v) is 8.23. The fraction of sp³-hybridized carbons (Fsp3) is 0.261. The van der Waals surface area contributed by atoms with Gasteiger partial charge in [-0.05, 0) is 44.0 Å². The summed E-state index contributed by atoms with van der Waals surface area (Å²) in [6.45, 7) is 5.38. The molecule has 4 aromatic rings. The van der Waals surface area contributed by atoms with E-state index in [1.54, 1.807) is 17.4 Å². The molecule has 0 aliphatic rings. The van der Waals surface area contributed by atoms with Crippen molar-refractivity contribution in [2.45, 2.75) is 26.8 Å². The van der Waals surface area contributed by atoms with Crippen molar-refractivity contribution in [2.75, 3.05) is 18.1 Å². The molecule has 0 saturated heterocycles. The number of rotatable bonds is 8. The van der Waals surface area contributed by atoms with Gasteiger partial charge >= 0.3 is 0 Å². The lowest BCUT2D eigenvalue weighted by atomic mass is 10.2. The van der Waals surface area contributed by atoms with Crippen molar-refractivity contribution in [1.82, 2.24) is 14.5 Å². The van der Waals surface area contributed by atoms with E-state index >= 15 is 0 Å². The standard InChI is InChI=1S/C23H24N4O2S.ClH/c1-17-7-9-19(10-8-17)29-15-21(28)27(13-4-12-26-14-11-24-16-26)23-25-22-18(2)5-3-6-20(22)30-23;/h3,5-11,14,16H,4,12-13,15H2,1-2H3;1H. The van der Waals surface area contributed by atoms with Crippen LogP contribution >= 0.6 is 23.7 Å². The Morgan fingerprint density at radius 1 is 1.16 bits per heavy atom. The highest BCUT2D eigenvalue weighted by Gasteiger charge is 2.20. The number of benzene rings is 2. The Hall–Kier alpha value is -2.90. The van der Waals surface area contributed by atoms with Gasteiger partial charge in [-0.1, -0.05) is 41.2 Å². The number of hydrogen-bond acceptors (Lipinski definition) is 5. The van der Waals surface area contributed by atoms with Crippen LogP contribution in [-0.2, 0) is 11.3 Å². The number of imidazole rings is 1. The van der Waals surface area contributed by atoms with Gasteiger partial charge in [-0.3, -0.25) is 9.69 Å². The zero-order chi connectivity index (χ0) is 20.9. The minimum absolute atomic E-state index is 0. The molecule has 4 rings (SSSR count). The molecular weight excluding hydrogens is 432 g/mol. The Labute approximate surface area is 191 Å². The third kappa shape index (κ3) is 5.62. The molecule has 0 aliphatic heterocycles. The number of nitrogens with zero attached hydrogens (tertiary/aromatic N) is 4. The minimum atomic E-state index is -0.0992. The monoisotopic (exact) mass is 456 g/mol. The quantitative estimate of drug-likeness (QED) is 0.373. The smallest absolute Gasteiger partial charge is 0.266 e. The maximum atomic E-state index is 13.1. The van der Waals surface area contributed by atoms with E-state index in [2.05, 4.69) is 4.98 Å². The number of aromatic nitrogens is 3. The topological polar surface area (TPSA) is 60.2 Å². The average molecular weight is 457 g/mol. The number of hydrogen-bond donors (Lipinski definition) is 0. The van der Waals surface area contributed by atoms with E-state index in [1.807, 2.05) is 67.1 Å². The predicted octanol–water partition coefficient (Wildman–Crippen LogP) is 5.03. The lowest BCUT2D eigenvalue weighted by molar-refractivity contribution is -0.120. The summed E-state index contributed by atoms with van der Waals surface area (Å²) >= 11 is 1.54. The van der Waals surface area contributed by atoms with Crippen molar-refractivity contribution in [3.63, 3.8) is 0 Å². The van der Waals surface area contributed by atoms with E-state index in [4.69, 9.17) is 9.72 Å². The lowest BCUT2D eigenvalue weighted by Crippen LogP contribution is -2.36. The van der Waals surface area contributed by atoms with Crippen LogP contribution in [0.2, 0.25) is 0 Å². The fourth-order valence-corrected chi connectivity index (χ4v) is 4.29. The number of carbonyl (C=O) groups is 1. The molecule has 2 aromatic heterocycles. The molecule has 2 heterocycles. The minimum Gasteiger partial charge on any atom is -0.484 e. The zero-order valence-electron chi connectivity index (χ0n) is 17.5. The molecule has 162 valence electrons. The van der Waals surface area contributed by atoms with E-state index in [-0.39, 0.29) is 24.9 Å². The molecular formula is C23H25ClN4O2S. The van der Waals surface area contributed by atoms with Crippen molar-refractivity contribution in [3.05, 3.63) is 72.3 Å². The predicted molar refractivity (Wildman–Crippen MR) is 127 cm³/mol. The Kier molecular flexibility index (Phi) is 7.65. The molecule has 0 spiro atoms. The largest absolute Gasteiger partial charge is 0.484 e. The first-order valence-electron chi connectivity index (χ1n) is 9.92. The SMILES string of the molecule is Cc1ccc(OCC(=O)N(CCCn2ccnc2)c2nc3c(C)cccc3s2)cc1.Cl. The van der Waals surface area contributed by atoms with Crippen LogP contribution in [0.1, 0.15) is 17.5 Å². The average Bonchev–Trinajstić information content (AvgIpc) is 3.41. The van der Waals surface area contributed by atoms with E-state index in [1.165, 1.54) is 11.3 Å². The van der Waals surface area contributed by atoms with Crippen LogP contribution < -0.4 is 9.64 Å². The van der Waals surface area contributed by atoms with E-state index in [0.717, 1.165) is 34.3 Å². The summed E-state index contributed by atoms with van der Waals surface area (Å²) in [6, 6.07) is 13.8. The zero-order valence-corrected chi connectivity index (χ0v) is 19.2. The number of thiazole rings is 1. The van der Waals surface area contributed by atoms with Gasteiger partial charge in [-0.15, -0.1) is 12.4 Å². The van der Waals surface area contributed by atoms with Gasteiger partial charge in [0.2, 0.25) is 0 Å². The van der Waals surface area contributed by atoms with Crippen molar-refractivity contribution in [3.8, 4) is 5.75 Å². The van der Waals surface area contributed by atoms with Crippen LogP contribution in [0.3, 0.4) is 0 Å². The second-order valence-electron chi connectivity index (χ2n) is 7.22. The van der Waals surface area contributed by atoms with Gasteiger partial charge in [0.05, 0.1) is 16.5 Å². The normalized spacial score (nSPS) is 10.6. The molecule has 8 heteroatoms. The first-order chi connectivity index (χ1) is 14.6. The van der Waals surface area contributed by atoms with Crippen molar-refractivity contribution >= 4 is 45.0 Å². The highest BCUT2D eigenvalue weighted by molar-refractivity contribution is 7.22. The molecule has 2 aromatic carbocycles. The van der Waals surface area contributed by atoms with Crippen molar-refractivity contribution < 1.29 is 9.53 Å². The van der Waals surface area contributed by atoms with Gasteiger partial charge < -0.3 is 9.30 Å². The van der Waals surface area contributed by atoms with Crippen molar-refractivity contribution in [1.29, 1.82) is 0 Å². The van der Waals surface area contributed by atoms with Gasteiger partial charge in [0, 0.05) is 25.5 Å². The fourth-order valence-electron chi connectivity index (χ4n) is 3.20. The van der Waals surface area contributed by atoms with E-state index in [0.29, 0.717) is 17.4 Å². The number of carbonyl (C=O) groups excluding carboxylic acids is 1. The molecule has 0 saturated carbocycles. The van der Waals surface area contributed by atoms with Crippen LogP contribution in [0, 0.1) is 13.8 Å². The third-order valence-electron chi connectivity index (χ3n) is 4.88. The molecule has 31 heavy (non-hydrogen) atoms. The first kappa shape index (κ1) is 22.8. The highest BCUT2D eigenvalue weighted by atomic mass is 35.5. The number of anilines is 1.